The van der Waals surface area contributed by atoms with Crippen molar-refractivity contribution in [3.63, 3.8) is 0 Å². The zero-order valence-corrected chi connectivity index (χ0v) is 18.0. The quantitative estimate of drug-likeness (QED) is 0.554. The Hall–Kier alpha value is -0.713. The molecule has 1 heterocycles. The summed E-state index contributed by atoms with van der Waals surface area (Å²) in [6.07, 6.45) is 8.91. The van der Waals surface area contributed by atoms with Crippen LogP contribution in [-0.2, 0) is 11.0 Å². The van der Waals surface area contributed by atoms with E-state index in [1.807, 2.05) is 12.3 Å². The molecule has 1 aliphatic carbocycles. The fourth-order valence-electron chi connectivity index (χ4n) is 3.77. The topological polar surface area (TPSA) is 25.4 Å². The van der Waals surface area contributed by atoms with Crippen LogP contribution in [0.3, 0.4) is 0 Å². The van der Waals surface area contributed by atoms with Crippen LogP contribution in [0, 0.1) is 11.8 Å². The Bertz CT molecular complexity index is 480. The lowest BCUT2D eigenvalue weighted by Gasteiger charge is -2.38. The van der Waals surface area contributed by atoms with Crippen LogP contribution in [0.1, 0.15) is 51.6 Å². The minimum Gasteiger partial charge on any atom is -0.416 e. The third kappa shape index (κ3) is 7.59. The van der Waals surface area contributed by atoms with Crippen LogP contribution in [0.5, 0.6) is 0 Å². The van der Waals surface area contributed by atoms with Crippen molar-refractivity contribution in [2.75, 3.05) is 13.2 Å². The fraction of sp³-hybridized carbons (Fsp3) is 0.762. The van der Waals surface area contributed by atoms with Gasteiger partial charge in [-0.25, -0.2) is 0 Å². The first-order chi connectivity index (χ1) is 11.8. The van der Waals surface area contributed by atoms with Crippen molar-refractivity contribution in [1.29, 1.82) is 0 Å². The van der Waals surface area contributed by atoms with Crippen molar-refractivity contribution in [2.45, 2.75) is 78.2 Å². The smallest absolute Gasteiger partial charge is 0.183 e. The van der Waals surface area contributed by atoms with Gasteiger partial charge < -0.3 is 4.43 Å². The number of hydrogen-bond donors (Lipinski definition) is 0. The van der Waals surface area contributed by atoms with Crippen molar-refractivity contribution in [3.05, 3.63) is 30.1 Å². The SMILES string of the molecule is CC(C)[C@@H](CO[Si](C)(C)C)N(Cc1ccccn1)CC1CCCCC1. The van der Waals surface area contributed by atoms with E-state index in [1.54, 1.807) is 0 Å². The standard InChI is InChI=1S/C21H38N2OSi/c1-18(2)21(17-24-25(3,4)5)23(15-19-11-7-6-8-12-19)16-20-13-9-10-14-22-20/h9-10,13-14,18-19,21H,6-8,11-12,15-17H2,1-5H3/t21-/m1/s1. The van der Waals surface area contributed by atoms with Crippen molar-refractivity contribution in [3.8, 4) is 0 Å². The van der Waals surface area contributed by atoms with Gasteiger partial charge in [0.05, 0.1) is 5.69 Å². The van der Waals surface area contributed by atoms with E-state index in [0.29, 0.717) is 12.0 Å². The molecule has 0 saturated heterocycles. The van der Waals surface area contributed by atoms with Crippen molar-refractivity contribution in [1.82, 2.24) is 9.88 Å². The molecule has 0 bridgehead atoms. The summed E-state index contributed by atoms with van der Waals surface area (Å²) in [7, 11) is -1.50. The molecule has 25 heavy (non-hydrogen) atoms. The van der Waals surface area contributed by atoms with Crippen LogP contribution in [0.4, 0.5) is 0 Å². The summed E-state index contributed by atoms with van der Waals surface area (Å²) in [6, 6.07) is 6.73. The molecule has 0 spiro atoms. The first kappa shape index (κ1) is 20.6. The fourth-order valence-corrected chi connectivity index (χ4v) is 4.44. The molecule has 0 aliphatic heterocycles. The Morgan fingerprint density at radius 1 is 1.16 bits per heavy atom. The maximum absolute atomic E-state index is 6.34. The minimum absolute atomic E-state index is 0.468. The predicted octanol–water partition coefficient (Wildman–Crippen LogP) is 5.34. The van der Waals surface area contributed by atoms with Gasteiger partial charge in [-0.3, -0.25) is 9.88 Å². The summed E-state index contributed by atoms with van der Waals surface area (Å²) >= 11 is 0. The molecule has 4 heteroatoms. The average molecular weight is 363 g/mol. The molecule has 0 radical (unpaired) electrons. The first-order valence-corrected chi connectivity index (χ1v) is 13.5. The summed E-state index contributed by atoms with van der Waals surface area (Å²) in [5.41, 5.74) is 1.18. The number of rotatable bonds is 9. The van der Waals surface area contributed by atoms with E-state index in [2.05, 4.69) is 55.5 Å². The molecule has 1 fully saturated rings. The average Bonchev–Trinajstić information content (AvgIpc) is 2.55. The lowest BCUT2D eigenvalue weighted by Crippen LogP contribution is -2.46. The molecule has 1 aromatic rings. The molecule has 0 amide bonds. The largest absolute Gasteiger partial charge is 0.416 e. The van der Waals surface area contributed by atoms with E-state index < -0.39 is 8.32 Å². The van der Waals surface area contributed by atoms with Gasteiger partial charge in [-0.05, 0) is 56.5 Å². The molecule has 142 valence electrons. The summed E-state index contributed by atoms with van der Waals surface area (Å²) in [5, 5.41) is 0. The van der Waals surface area contributed by atoms with Crippen LogP contribution < -0.4 is 0 Å². The zero-order chi connectivity index (χ0) is 18.3. The molecule has 0 N–H and O–H groups in total. The van der Waals surface area contributed by atoms with E-state index in [1.165, 1.54) is 44.3 Å². The van der Waals surface area contributed by atoms with E-state index >= 15 is 0 Å². The Labute approximate surface area is 156 Å². The number of hydrogen-bond acceptors (Lipinski definition) is 3. The highest BCUT2D eigenvalue weighted by molar-refractivity contribution is 6.69. The second-order valence-corrected chi connectivity index (χ2v) is 13.5. The maximum atomic E-state index is 6.34. The van der Waals surface area contributed by atoms with E-state index in [0.717, 1.165) is 19.1 Å². The number of aromatic nitrogens is 1. The zero-order valence-electron chi connectivity index (χ0n) is 17.0. The lowest BCUT2D eigenvalue weighted by atomic mass is 9.88. The molecule has 1 aliphatic rings. The van der Waals surface area contributed by atoms with E-state index in [4.69, 9.17) is 4.43 Å². The van der Waals surface area contributed by atoms with Gasteiger partial charge in [0.1, 0.15) is 0 Å². The molecular weight excluding hydrogens is 324 g/mol. The van der Waals surface area contributed by atoms with E-state index in [-0.39, 0.29) is 0 Å². The Kier molecular flexibility index (Phi) is 8.11. The van der Waals surface area contributed by atoms with Gasteiger partial charge in [-0.1, -0.05) is 39.2 Å². The summed E-state index contributed by atoms with van der Waals surface area (Å²) in [4.78, 5) is 7.26. The Morgan fingerprint density at radius 3 is 2.44 bits per heavy atom. The van der Waals surface area contributed by atoms with Gasteiger partial charge in [-0.2, -0.15) is 0 Å². The molecule has 1 atom stereocenters. The Balaban J connectivity index is 2.10. The van der Waals surface area contributed by atoms with Crippen LogP contribution in [0.25, 0.3) is 0 Å². The summed E-state index contributed by atoms with van der Waals surface area (Å²) in [5.74, 6) is 1.43. The van der Waals surface area contributed by atoms with Gasteiger partial charge in [0.2, 0.25) is 0 Å². The molecule has 0 aromatic carbocycles. The summed E-state index contributed by atoms with van der Waals surface area (Å²) < 4.78 is 6.34. The van der Waals surface area contributed by atoms with E-state index in [9.17, 15) is 0 Å². The molecule has 1 saturated carbocycles. The van der Waals surface area contributed by atoms with Gasteiger partial charge in [-0.15, -0.1) is 0 Å². The highest BCUT2D eigenvalue weighted by atomic mass is 28.4. The molecule has 3 nitrogen and oxygen atoms in total. The molecule has 0 unspecified atom stereocenters. The predicted molar refractivity (Wildman–Crippen MR) is 109 cm³/mol. The van der Waals surface area contributed by atoms with Gasteiger partial charge >= 0.3 is 0 Å². The highest BCUT2D eigenvalue weighted by Crippen LogP contribution is 2.27. The normalized spacial score (nSPS) is 18.0. The molecule has 1 aromatic heterocycles. The van der Waals surface area contributed by atoms with Crippen molar-refractivity contribution in [2.24, 2.45) is 11.8 Å². The van der Waals surface area contributed by atoms with Crippen LogP contribution >= 0.6 is 0 Å². The third-order valence-electron chi connectivity index (χ3n) is 5.23. The third-order valence-corrected chi connectivity index (χ3v) is 6.27. The number of nitrogens with zero attached hydrogens (tertiary/aromatic N) is 2. The maximum Gasteiger partial charge on any atom is 0.183 e. The second kappa shape index (κ2) is 9.84. The van der Waals surface area contributed by atoms with Crippen LogP contribution in [-0.4, -0.2) is 37.4 Å². The molecule has 2 rings (SSSR count). The highest BCUT2D eigenvalue weighted by Gasteiger charge is 2.28. The second-order valence-electron chi connectivity index (χ2n) is 8.99. The molecular formula is C21H38N2OSi. The van der Waals surface area contributed by atoms with Crippen LogP contribution in [0.15, 0.2) is 24.4 Å². The van der Waals surface area contributed by atoms with Crippen molar-refractivity contribution >= 4 is 8.32 Å². The van der Waals surface area contributed by atoms with Crippen molar-refractivity contribution < 1.29 is 4.43 Å². The lowest BCUT2D eigenvalue weighted by molar-refractivity contribution is 0.0694. The number of pyridine rings is 1. The minimum atomic E-state index is -1.50. The Morgan fingerprint density at radius 2 is 1.88 bits per heavy atom. The van der Waals surface area contributed by atoms with Gasteiger partial charge in [0, 0.05) is 31.9 Å². The monoisotopic (exact) mass is 362 g/mol. The summed E-state index contributed by atoms with van der Waals surface area (Å²) in [6.45, 7) is 14.5. The van der Waals surface area contributed by atoms with Gasteiger partial charge in [0.25, 0.3) is 0 Å². The first-order valence-electron chi connectivity index (χ1n) is 10.1. The van der Waals surface area contributed by atoms with Gasteiger partial charge in [0.15, 0.2) is 8.32 Å². The van der Waals surface area contributed by atoms with Crippen LogP contribution in [0.2, 0.25) is 19.6 Å².